The number of piperazine rings is 1. The van der Waals surface area contributed by atoms with E-state index in [4.69, 9.17) is 9.84 Å². The summed E-state index contributed by atoms with van der Waals surface area (Å²) in [6.45, 7) is 4.08. The summed E-state index contributed by atoms with van der Waals surface area (Å²) in [7, 11) is 1.00. The Balaban J connectivity index is 0.00000385. The third kappa shape index (κ3) is 10.3. The number of aliphatic hydroxyl groups excluding tert-OH is 1. The molecule has 0 spiro atoms. The Labute approximate surface area is 316 Å². The van der Waals surface area contributed by atoms with Crippen LogP contribution in [-0.2, 0) is 4.74 Å². The highest BCUT2D eigenvalue weighted by atomic mass is 16.6. The van der Waals surface area contributed by atoms with E-state index in [0.717, 1.165) is 24.0 Å². The van der Waals surface area contributed by atoms with E-state index in [1.165, 1.54) is 0 Å². The molecule has 2 aromatic rings. The van der Waals surface area contributed by atoms with Crippen LogP contribution in [0.1, 0.15) is 30.9 Å². The Morgan fingerprint density at radius 1 is 0.815 bits per heavy atom. The smallest absolute Gasteiger partial charge is 0.409 e. The standard InChI is InChI=1S/C42H34N8O2.CH4O/c1-2-52-42(51)50-23-21-49(22-24-50)41-33(15-9-17-35(25-43)39(37(27-45)28-46)31-11-5-3-6-12-31)19-20-34(41)16-10-18-36(26-44)40(38(29-47)30-48)32-13-7-4-8-14-32;1-2/h3-18,37H,2,19-24H2,1H3;2H,1H3/b16-10+,17-9+,33-15+,36-18+,39-35-;. The lowest BCUT2D eigenvalue weighted by Crippen LogP contribution is -2.48. The second-order valence-corrected chi connectivity index (χ2v) is 11.5. The van der Waals surface area contributed by atoms with Gasteiger partial charge in [0.15, 0.2) is 5.92 Å². The number of carbonyl (C=O) groups excluding carboxylic acids is 1. The number of ether oxygens (including phenoxy) is 1. The van der Waals surface area contributed by atoms with Crippen molar-refractivity contribution >= 4 is 17.2 Å². The highest BCUT2D eigenvalue weighted by molar-refractivity contribution is 5.89. The number of rotatable bonds is 10. The fourth-order valence-corrected chi connectivity index (χ4v) is 6.08. The molecular formula is C43H38N8O3. The molecular weight excluding hydrogens is 677 g/mol. The van der Waals surface area contributed by atoms with E-state index >= 15 is 0 Å². The minimum Gasteiger partial charge on any atom is -0.450 e. The summed E-state index contributed by atoms with van der Waals surface area (Å²) in [5.74, 6) is -1.13. The van der Waals surface area contributed by atoms with Crippen LogP contribution in [-0.4, -0.2) is 60.9 Å². The SMILES string of the molecule is CCOC(=O)N1CCN(C2=C(/C=C/C=C(\C#N)C(=C(C#N)C#N)c3ccccc3)CC\C2=C/C=C/C(C#N)=C(\c2ccccc2)C(C#N)C#N)CC1.CO. The van der Waals surface area contributed by atoms with Gasteiger partial charge in [0, 0.05) is 50.1 Å². The largest absolute Gasteiger partial charge is 0.450 e. The molecule has 1 saturated heterocycles. The molecule has 268 valence electrons. The number of allylic oxidation sites excluding steroid dienone is 13. The second-order valence-electron chi connectivity index (χ2n) is 11.5. The van der Waals surface area contributed by atoms with Crippen LogP contribution in [0.15, 0.2) is 131 Å². The molecule has 11 nitrogen and oxygen atoms in total. The van der Waals surface area contributed by atoms with Gasteiger partial charge in [-0.25, -0.2) is 4.79 Å². The van der Waals surface area contributed by atoms with Crippen LogP contribution in [0.3, 0.4) is 0 Å². The molecule has 1 heterocycles. The third-order valence-corrected chi connectivity index (χ3v) is 8.48. The number of amides is 1. The predicted molar refractivity (Wildman–Crippen MR) is 203 cm³/mol. The number of benzene rings is 2. The van der Waals surface area contributed by atoms with Crippen LogP contribution in [0, 0.1) is 73.9 Å². The van der Waals surface area contributed by atoms with E-state index in [1.54, 1.807) is 84.7 Å². The Bertz CT molecular complexity index is 2110. The molecule has 0 aromatic heterocycles. The van der Waals surface area contributed by atoms with Crippen LogP contribution >= 0.6 is 0 Å². The first-order chi connectivity index (χ1) is 26.4. The van der Waals surface area contributed by atoms with Crippen molar-refractivity contribution in [3.63, 3.8) is 0 Å². The van der Waals surface area contributed by atoms with Crippen LogP contribution in [0.5, 0.6) is 0 Å². The summed E-state index contributed by atoms with van der Waals surface area (Å²) >= 11 is 0. The minimum atomic E-state index is -1.13. The number of nitrogens with zero attached hydrogens (tertiary/aromatic N) is 8. The van der Waals surface area contributed by atoms with Gasteiger partial charge in [0.1, 0.15) is 17.7 Å². The van der Waals surface area contributed by atoms with Crippen LogP contribution in [0.25, 0.3) is 11.1 Å². The van der Waals surface area contributed by atoms with E-state index in [0.29, 0.717) is 55.7 Å². The average molecular weight is 715 g/mol. The fourth-order valence-electron chi connectivity index (χ4n) is 6.08. The topological polar surface area (TPSA) is 196 Å². The van der Waals surface area contributed by atoms with E-state index in [-0.39, 0.29) is 35.0 Å². The maximum absolute atomic E-state index is 12.4. The van der Waals surface area contributed by atoms with Crippen molar-refractivity contribution in [1.29, 1.82) is 31.6 Å². The molecule has 1 amide bonds. The van der Waals surface area contributed by atoms with Gasteiger partial charge in [0.2, 0.25) is 0 Å². The number of hydrogen-bond acceptors (Lipinski definition) is 10. The summed E-state index contributed by atoms with van der Waals surface area (Å²) in [4.78, 5) is 16.3. The second kappa shape index (κ2) is 21.7. The first kappa shape index (κ1) is 41.0. The van der Waals surface area contributed by atoms with Crippen molar-refractivity contribution in [3.8, 4) is 36.4 Å². The Morgan fingerprint density at radius 3 is 1.96 bits per heavy atom. The van der Waals surface area contributed by atoms with Gasteiger partial charge in [0.05, 0.1) is 42.0 Å². The first-order valence-corrected chi connectivity index (χ1v) is 17.0. The molecule has 4 rings (SSSR count). The van der Waals surface area contributed by atoms with Crippen molar-refractivity contribution in [2.75, 3.05) is 39.9 Å². The lowest BCUT2D eigenvalue weighted by Gasteiger charge is -2.37. The van der Waals surface area contributed by atoms with Crippen molar-refractivity contribution in [1.82, 2.24) is 9.80 Å². The van der Waals surface area contributed by atoms with Crippen LogP contribution in [0.2, 0.25) is 0 Å². The molecule has 1 aliphatic carbocycles. The van der Waals surface area contributed by atoms with Gasteiger partial charge in [-0.1, -0.05) is 85.0 Å². The minimum absolute atomic E-state index is 0.165. The Hall–Kier alpha value is -7.41. The zero-order valence-electron chi connectivity index (χ0n) is 30.1. The number of hydrogen-bond donors (Lipinski definition) is 1. The third-order valence-electron chi connectivity index (χ3n) is 8.48. The molecule has 1 aliphatic heterocycles. The number of carbonyl (C=O) groups is 1. The molecule has 54 heavy (non-hydrogen) atoms. The summed E-state index contributed by atoms with van der Waals surface area (Å²) in [6, 6.07) is 29.9. The molecule has 0 saturated carbocycles. The van der Waals surface area contributed by atoms with Gasteiger partial charge >= 0.3 is 6.09 Å². The lowest BCUT2D eigenvalue weighted by molar-refractivity contribution is 0.0873. The maximum atomic E-state index is 12.4. The number of nitriles is 6. The Morgan fingerprint density at radius 2 is 1.43 bits per heavy atom. The molecule has 0 radical (unpaired) electrons. The molecule has 2 aliphatic rings. The molecule has 0 atom stereocenters. The molecule has 11 heteroatoms. The zero-order valence-corrected chi connectivity index (χ0v) is 30.1. The summed E-state index contributed by atoms with van der Waals surface area (Å²) in [5.41, 5.74) is 4.92. The number of aliphatic hydroxyl groups is 1. The fraction of sp³-hybridized carbons (Fsp3) is 0.233. The van der Waals surface area contributed by atoms with Gasteiger partial charge < -0.3 is 19.6 Å². The quantitative estimate of drug-likeness (QED) is 0.197. The highest BCUT2D eigenvalue weighted by Crippen LogP contribution is 2.36. The zero-order chi connectivity index (χ0) is 39.3. The molecule has 1 N–H and O–H groups in total. The van der Waals surface area contributed by atoms with Crippen molar-refractivity contribution in [2.45, 2.75) is 19.8 Å². The summed E-state index contributed by atoms with van der Waals surface area (Å²) in [6.07, 6.45) is 11.5. The summed E-state index contributed by atoms with van der Waals surface area (Å²) < 4.78 is 5.20. The van der Waals surface area contributed by atoms with Gasteiger partial charge in [-0.3, -0.25) is 0 Å². The molecule has 0 unspecified atom stereocenters. The molecule has 0 bridgehead atoms. The van der Waals surface area contributed by atoms with E-state index in [9.17, 15) is 36.4 Å². The van der Waals surface area contributed by atoms with E-state index < -0.39 is 5.92 Å². The van der Waals surface area contributed by atoms with Crippen molar-refractivity contribution in [3.05, 3.63) is 142 Å². The van der Waals surface area contributed by atoms with E-state index in [1.807, 2.05) is 48.6 Å². The van der Waals surface area contributed by atoms with Gasteiger partial charge in [-0.05, 0) is 54.2 Å². The van der Waals surface area contributed by atoms with Crippen LogP contribution < -0.4 is 0 Å². The predicted octanol–water partition coefficient (Wildman–Crippen LogP) is 7.05. The van der Waals surface area contributed by atoms with Crippen molar-refractivity contribution < 1.29 is 14.6 Å². The van der Waals surface area contributed by atoms with Gasteiger partial charge in [0.25, 0.3) is 0 Å². The Kier molecular flexibility index (Phi) is 16.5. The monoisotopic (exact) mass is 714 g/mol. The summed E-state index contributed by atoms with van der Waals surface area (Å²) in [5, 5.41) is 65.9. The van der Waals surface area contributed by atoms with Crippen LogP contribution in [0.4, 0.5) is 4.79 Å². The average Bonchev–Trinajstić information content (AvgIpc) is 3.63. The first-order valence-electron chi connectivity index (χ1n) is 17.0. The lowest BCUT2D eigenvalue weighted by atomic mass is 9.90. The molecule has 2 aromatic carbocycles. The normalized spacial score (nSPS) is 15.2. The van der Waals surface area contributed by atoms with Gasteiger partial charge in [-0.15, -0.1) is 0 Å². The van der Waals surface area contributed by atoms with Crippen molar-refractivity contribution in [2.24, 2.45) is 5.92 Å². The van der Waals surface area contributed by atoms with E-state index in [2.05, 4.69) is 17.0 Å². The maximum Gasteiger partial charge on any atom is 0.409 e. The molecule has 1 fully saturated rings. The highest BCUT2D eigenvalue weighted by Gasteiger charge is 2.28. The van der Waals surface area contributed by atoms with Gasteiger partial charge in [-0.2, -0.15) is 31.6 Å².